The molecule has 0 aromatic carbocycles. The Labute approximate surface area is 163 Å². The van der Waals surface area contributed by atoms with E-state index >= 15 is 0 Å². The van der Waals surface area contributed by atoms with Gasteiger partial charge in [-0.2, -0.15) is 0 Å². The minimum Gasteiger partial charge on any atom is -0.466 e. The van der Waals surface area contributed by atoms with Gasteiger partial charge in [0.25, 0.3) is 0 Å². The summed E-state index contributed by atoms with van der Waals surface area (Å²) in [7, 11) is 1.79. The first-order valence-corrected chi connectivity index (χ1v) is 8.81. The fourth-order valence-electron chi connectivity index (χ4n) is 3.06. The van der Waals surface area contributed by atoms with E-state index in [9.17, 15) is 0 Å². The van der Waals surface area contributed by atoms with Crippen molar-refractivity contribution in [1.29, 1.82) is 0 Å². The van der Waals surface area contributed by atoms with E-state index in [1.165, 1.54) is 44.1 Å². The van der Waals surface area contributed by atoms with E-state index in [0.29, 0.717) is 12.6 Å². The molecule has 1 saturated carbocycles. The van der Waals surface area contributed by atoms with Gasteiger partial charge >= 0.3 is 0 Å². The van der Waals surface area contributed by atoms with Crippen molar-refractivity contribution in [3.05, 3.63) is 23.2 Å². The summed E-state index contributed by atoms with van der Waals surface area (Å²) >= 11 is 0. The number of aliphatic imine (C=N–C) groups is 1. The summed E-state index contributed by atoms with van der Waals surface area (Å²) < 4.78 is 11.5. The Hall–Kier alpha value is -0.760. The molecule has 1 aromatic rings. The number of nitrogens with one attached hydrogen (secondary N) is 2. The van der Waals surface area contributed by atoms with Gasteiger partial charge in [0, 0.05) is 25.7 Å². The normalized spacial score (nSPS) is 16.4. The van der Waals surface area contributed by atoms with E-state index < -0.39 is 0 Å². The molecule has 0 aliphatic heterocycles. The van der Waals surface area contributed by atoms with Crippen molar-refractivity contribution >= 4 is 29.9 Å². The van der Waals surface area contributed by atoms with Crippen LogP contribution in [-0.4, -0.2) is 32.3 Å². The summed E-state index contributed by atoms with van der Waals surface area (Å²) in [5.74, 6) is 2.70. The summed E-state index contributed by atoms with van der Waals surface area (Å²) in [4.78, 5) is 4.25. The van der Waals surface area contributed by atoms with Crippen LogP contribution in [0.15, 0.2) is 15.5 Å². The van der Waals surface area contributed by atoms with Crippen molar-refractivity contribution in [3.8, 4) is 0 Å². The maximum absolute atomic E-state index is 5.98. The van der Waals surface area contributed by atoms with Gasteiger partial charge in [0.1, 0.15) is 11.5 Å². The molecule has 2 rings (SSSR count). The first kappa shape index (κ1) is 21.3. The third-order valence-corrected chi connectivity index (χ3v) is 4.36. The molecule has 0 spiro atoms. The van der Waals surface area contributed by atoms with Gasteiger partial charge < -0.3 is 19.8 Å². The summed E-state index contributed by atoms with van der Waals surface area (Å²) in [5.41, 5.74) is 1.17. The molecule has 24 heavy (non-hydrogen) atoms. The molecule has 5 nitrogen and oxygen atoms in total. The van der Waals surface area contributed by atoms with Gasteiger partial charge in [0.15, 0.2) is 5.96 Å². The quantitative estimate of drug-likeness (QED) is 0.227. The fourth-order valence-corrected chi connectivity index (χ4v) is 3.06. The zero-order valence-corrected chi connectivity index (χ0v) is 17.5. The average Bonchev–Trinajstić information content (AvgIpc) is 2.74. The Morgan fingerprint density at radius 2 is 1.92 bits per heavy atom. The molecule has 138 valence electrons. The highest BCUT2D eigenvalue weighted by atomic mass is 127. The molecule has 1 aliphatic carbocycles. The summed E-state index contributed by atoms with van der Waals surface area (Å²) in [6.07, 6.45) is 8.22. The Balaban J connectivity index is 0.00000288. The average molecular weight is 449 g/mol. The number of guanidine groups is 1. The largest absolute Gasteiger partial charge is 0.466 e. The molecule has 0 atom stereocenters. The summed E-state index contributed by atoms with van der Waals surface area (Å²) in [6, 6.07) is 2.06. The van der Waals surface area contributed by atoms with Crippen LogP contribution in [0, 0.1) is 13.8 Å². The van der Waals surface area contributed by atoms with Crippen LogP contribution in [0.5, 0.6) is 0 Å². The topological polar surface area (TPSA) is 58.8 Å². The lowest BCUT2D eigenvalue weighted by Gasteiger charge is -2.16. The van der Waals surface area contributed by atoms with Crippen LogP contribution < -0.4 is 10.6 Å². The predicted molar refractivity (Wildman–Crippen MR) is 109 cm³/mol. The van der Waals surface area contributed by atoms with E-state index in [4.69, 9.17) is 9.15 Å². The number of hydrogen-bond acceptors (Lipinski definition) is 3. The van der Waals surface area contributed by atoms with Crippen molar-refractivity contribution in [2.24, 2.45) is 4.99 Å². The molecule has 1 aliphatic rings. The molecular weight excluding hydrogens is 417 g/mol. The van der Waals surface area contributed by atoms with E-state index in [1.807, 2.05) is 13.8 Å². The van der Waals surface area contributed by atoms with E-state index in [1.54, 1.807) is 7.05 Å². The van der Waals surface area contributed by atoms with E-state index in [2.05, 4.69) is 21.7 Å². The minimum atomic E-state index is 0. The standard InChI is InChI=1S/C18H31N3O2.HI/c1-14-12-16(15(2)23-14)13-21-18(19-3)20-10-11-22-17-8-6-4-5-7-9-17;/h12,17H,4-11,13H2,1-3H3,(H2,19,20,21);1H. The maximum atomic E-state index is 5.98. The zero-order chi connectivity index (χ0) is 16.5. The van der Waals surface area contributed by atoms with Gasteiger partial charge in [-0.05, 0) is 32.8 Å². The van der Waals surface area contributed by atoms with Crippen molar-refractivity contribution in [1.82, 2.24) is 10.6 Å². The molecule has 1 fully saturated rings. The van der Waals surface area contributed by atoms with Crippen molar-refractivity contribution in [2.75, 3.05) is 20.2 Å². The number of aryl methyl sites for hydroxylation is 2. The lowest BCUT2D eigenvalue weighted by atomic mass is 10.1. The Morgan fingerprint density at radius 3 is 2.50 bits per heavy atom. The molecule has 0 radical (unpaired) electrons. The fraction of sp³-hybridized carbons (Fsp3) is 0.722. The van der Waals surface area contributed by atoms with Gasteiger partial charge in [-0.1, -0.05) is 25.7 Å². The van der Waals surface area contributed by atoms with Crippen LogP contribution in [0.25, 0.3) is 0 Å². The van der Waals surface area contributed by atoms with Crippen LogP contribution in [-0.2, 0) is 11.3 Å². The highest BCUT2D eigenvalue weighted by Crippen LogP contribution is 2.19. The highest BCUT2D eigenvalue weighted by Gasteiger charge is 2.12. The van der Waals surface area contributed by atoms with Crippen LogP contribution >= 0.6 is 24.0 Å². The lowest BCUT2D eigenvalue weighted by molar-refractivity contribution is 0.0468. The molecule has 0 amide bonds. The molecule has 1 heterocycles. The third kappa shape index (κ3) is 7.42. The van der Waals surface area contributed by atoms with Gasteiger partial charge in [-0.25, -0.2) is 0 Å². The van der Waals surface area contributed by atoms with Crippen LogP contribution in [0.1, 0.15) is 55.6 Å². The number of hydrogen-bond donors (Lipinski definition) is 2. The first-order chi connectivity index (χ1) is 11.2. The van der Waals surface area contributed by atoms with Crippen molar-refractivity contribution < 1.29 is 9.15 Å². The SMILES string of the molecule is CN=C(NCCOC1CCCCCC1)NCc1cc(C)oc1C.I. The molecule has 0 saturated heterocycles. The van der Waals surface area contributed by atoms with Gasteiger partial charge in [-0.15, -0.1) is 24.0 Å². The summed E-state index contributed by atoms with van der Waals surface area (Å²) in [6.45, 7) is 6.18. The molecule has 2 N–H and O–H groups in total. The smallest absolute Gasteiger partial charge is 0.191 e. The van der Waals surface area contributed by atoms with Crippen LogP contribution in [0.3, 0.4) is 0 Å². The number of ether oxygens (including phenoxy) is 1. The lowest BCUT2D eigenvalue weighted by Crippen LogP contribution is -2.39. The number of nitrogens with zero attached hydrogens (tertiary/aromatic N) is 1. The van der Waals surface area contributed by atoms with Crippen molar-refractivity contribution in [3.63, 3.8) is 0 Å². The second kappa shape index (κ2) is 11.7. The molecule has 6 heteroatoms. The number of furan rings is 1. The Kier molecular flexibility index (Phi) is 10.4. The predicted octanol–water partition coefficient (Wildman–Crippen LogP) is 3.92. The van der Waals surface area contributed by atoms with E-state index in [-0.39, 0.29) is 24.0 Å². The maximum Gasteiger partial charge on any atom is 0.191 e. The third-order valence-electron chi connectivity index (χ3n) is 4.36. The molecule has 0 unspecified atom stereocenters. The second-order valence-electron chi connectivity index (χ2n) is 6.28. The van der Waals surface area contributed by atoms with Crippen LogP contribution in [0.2, 0.25) is 0 Å². The second-order valence-corrected chi connectivity index (χ2v) is 6.28. The van der Waals surface area contributed by atoms with E-state index in [0.717, 1.165) is 30.6 Å². The van der Waals surface area contributed by atoms with Gasteiger partial charge in [0.2, 0.25) is 0 Å². The van der Waals surface area contributed by atoms with Gasteiger partial charge in [-0.3, -0.25) is 4.99 Å². The summed E-state index contributed by atoms with van der Waals surface area (Å²) in [5, 5.41) is 6.62. The molecular formula is C18H32IN3O2. The minimum absolute atomic E-state index is 0. The first-order valence-electron chi connectivity index (χ1n) is 8.81. The van der Waals surface area contributed by atoms with Crippen LogP contribution in [0.4, 0.5) is 0 Å². The number of halogens is 1. The zero-order valence-electron chi connectivity index (χ0n) is 15.2. The molecule has 1 aromatic heterocycles. The van der Waals surface area contributed by atoms with Crippen molar-refractivity contribution in [2.45, 2.75) is 65.0 Å². The Bertz CT molecular complexity index is 494. The highest BCUT2D eigenvalue weighted by molar-refractivity contribution is 14.0. The monoisotopic (exact) mass is 449 g/mol. The number of rotatable bonds is 6. The Morgan fingerprint density at radius 1 is 1.21 bits per heavy atom. The molecule has 0 bridgehead atoms. The van der Waals surface area contributed by atoms with Gasteiger partial charge in [0.05, 0.1) is 12.7 Å².